The first-order valence-electron chi connectivity index (χ1n) is 7.20. The number of ether oxygens (including phenoxy) is 1. The summed E-state index contributed by atoms with van der Waals surface area (Å²) in [6.45, 7) is 0.708. The third-order valence-corrected chi connectivity index (χ3v) is 3.76. The topological polar surface area (TPSA) is 87.7 Å². The highest BCUT2D eigenvalue weighted by Crippen LogP contribution is 2.22. The van der Waals surface area contributed by atoms with Gasteiger partial charge in [0.1, 0.15) is 18.4 Å². The zero-order valence-electron chi connectivity index (χ0n) is 12.7. The van der Waals surface area contributed by atoms with E-state index in [0.717, 1.165) is 0 Å². The first-order chi connectivity index (χ1) is 11.0. The van der Waals surface area contributed by atoms with Crippen molar-refractivity contribution in [1.29, 1.82) is 0 Å². The zero-order chi connectivity index (χ0) is 16.8. The van der Waals surface area contributed by atoms with Gasteiger partial charge >= 0.3 is 6.03 Å². The fraction of sp³-hybridized carbons (Fsp3) is 0.400. The van der Waals surface area contributed by atoms with Crippen molar-refractivity contribution in [3.8, 4) is 5.75 Å². The fourth-order valence-corrected chi connectivity index (χ4v) is 2.29. The Morgan fingerprint density at radius 3 is 2.74 bits per heavy atom. The smallest absolute Gasteiger partial charge is 0.322 e. The molecule has 0 aliphatic carbocycles. The number of urea groups is 1. The van der Waals surface area contributed by atoms with Crippen LogP contribution in [0.4, 0.5) is 4.79 Å². The van der Waals surface area contributed by atoms with Gasteiger partial charge in [0.25, 0.3) is 5.91 Å². The molecule has 8 heteroatoms. The van der Waals surface area contributed by atoms with E-state index < -0.39 is 18.0 Å². The molecule has 1 atom stereocenters. The number of carbonyl (C=O) groups excluding carboxylic acids is 3. The van der Waals surface area contributed by atoms with Gasteiger partial charge < -0.3 is 15.0 Å². The average molecular weight is 340 g/mol. The van der Waals surface area contributed by atoms with Crippen LogP contribution in [0.2, 0.25) is 5.02 Å². The molecular weight excluding hydrogens is 322 g/mol. The molecule has 1 aliphatic heterocycles. The van der Waals surface area contributed by atoms with Crippen LogP contribution in [-0.2, 0) is 9.59 Å². The summed E-state index contributed by atoms with van der Waals surface area (Å²) in [6, 6.07) is 5.95. The minimum atomic E-state index is -0.640. The Balaban J connectivity index is 1.70. The zero-order valence-corrected chi connectivity index (χ0v) is 13.4. The van der Waals surface area contributed by atoms with E-state index >= 15 is 0 Å². The molecule has 0 saturated carbocycles. The normalized spacial score (nSPS) is 16.7. The van der Waals surface area contributed by atoms with Gasteiger partial charge in [0.05, 0.1) is 11.6 Å². The van der Waals surface area contributed by atoms with E-state index in [1.165, 1.54) is 4.90 Å². The second-order valence-corrected chi connectivity index (χ2v) is 5.56. The van der Waals surface area contributed by atoms with Gasteiger partial charge in [-0.15, -0.1) is 0 Å². The van der Waals surface area contributed by atoms with E-state index in [9.17, 15) is 14.4 Å². The van der Waals surface area contributed by atoms with Crippen LogP contribution in [0.15, 0.2) is 24.3 Å². The number of nitrogens with one attached hydrogen (secondary N) is 2. The number of carbonyl (C=O) groups is 3. The number of hydrogen-bond donors (Lipinski definition) is 2. The Kier molecular flexibility index (Phi) is 5.81. The van der Waals surface area contributed by atoms with E-state index in [4.69, 9.17) is 16.3 Å². The highest BCUT2D eigenvalue weighted by molar-refractivity contribution is 6.32. The van der Waals surface area contributed by atoms with Crippen LogP contribution < -0.4 is 15.4 Å². The molecule has 1 unspecified atom stereocenters. The lowest BCUT2D eigenvalue weighted by Crippen LogP contribution is -2.34. The summed E-state index contributed by atoms with van der Waals surface area (Å²) in [7, 11) is 1.66. The number of likely N-dealkylation sites (N-methyl/N-ethyl adjacent to an activating group) is 1. The third kappa shape index (κ3) is 4.85. The number of amides is 4. The van der Waals surface area contributed by atoms with Crippen molar-refractivity contribution in [2.45, 2.75) is 18.9 Å². The van der Waals surface area contributed by atoms with Crippen LogP contribution in [0.3, 0.4) is 0 Å². The SMILES string of the molecule is CN(CCOc1ccccc1Cl)C(=O)CCC1NC(=O)NC1=O. The van der Waals surface area contributed by atoms with Crippen molar-refractivity contribution in [1.82, 2.24) is 15.5 Å². The molecule has 2 rings (SSSR count). The quantitative estimate of drug-likeness (QED) is 0.730. The summed E-state index contributed by atoms with van der Waals surface area (Å²) >= 11 is 5.97. The Labute approximate surface area is 138 Å². The monoisotopic (exact) mass is 339 g/mol. The Morgan fingerprint density at radius 1 is 1.35 bits per heavy atom. The molecule has 4 amide bonds. The van der Waals surface area contributed by atoms with Crippen molar-refractivity contribution in [2.24, 2.45) is 0 Å². The fourth-order valence-electron chi connectivity index (χ4n) is 2.10. The molecule has 7 nitrogen and oxygen atoms in total. The van der Waals surface area contributed by atoms with Gasteiger partial charge in [-0.3, -0.25) is 14.9 Å². The first-order valence-corrected chi connectivity index (χ1v) is 7.58. The number of benzene rings is 1. The second-order valence-electron chi connectivity index (χ2n) is 5.15. The van der Waals surface area contributed by atoms with Crippen LogP contribution in [0, 0.1) is 0 Å². The second kappa shape index (κ2) is 7.82. The molecule has 0 aromatic heterocycles. The van der Waals surface area contributed by atoms with Crippen molar-refractivity contribution < 1.29 is 19.1 Å². The number of halogens is 1. The number of para-hydroxylation sites is 1. The van der Waals surface area contributed by atoms with Crippen LogP contribution in [-0.4, -0.2) is 49.0 Å². The van der Waals surface area contributed by atoms with E-state index in [1.807, 2.05) is 12.1 Å². The highest BCUT2D eigenvalue weighted by atomic mass is 35.5. The molecule has 0 spiro atoms. The van der Waals surface area contributed by atoms with E-state index in [2.05, 4.69) is 10.6 Å². The minimum Gasteiger partial charge on any atom is -0.490 e. The largest absolute Gasteiger partial charge is 0.490 e. The molecule has 23 heavy (non-hydrogen) atoms. The molecule has 1 heterocycles. The van der Waals surface area contributed by atoms with Crippen molar-refractivity contribution >= 4 is 29.4 Å². The predicted octanol–water partition coefficient (Wildman–Crippen LogP) is 1.17. The summed E-state index contributed by atoms with van der Waals surface area (Å²) < 4.78 is 5.52. The van der Waals surface area contributed by atoms with Crippen LogP contribution in [0.5, 0.6) is 5.75 Å². The summed E-state index contributed by atoms with van der Waals surface area (Å²) in [6.07, 6.45) is 0.438. The third-order valence-electron chi connectivity index (χ3n) is 3.45. The van der Waals surface area contributed by atoms with Crippen molar-refractivity contribution in [3.63, 3.8) is 0 Å². The number of hydrogen-bond acceptors (Lipinski definition) is 4. The summed E-state index contributed by atoms with van der Waals surface area (Å²) in [5, 5.41) is 5.11. The molecule has 1 fully saturated rings. The van der Waals surface area contributed by atoms with Gasteiger partial charge in [-0.2, -0.15) is 0 Å². The molecule has 2 N–H and O–H groups in total. The average Bonchev–Trinajstić information content (AvgIpc) is 2.84. The summed E-state index contributed by atoms with van der Waals surface area (Å²) in [5.74, 6) is 0.0505. The lowest BCUT2D eigenvalue weighted by Gasteiger charge is -2.18. The molecule has 1 aliphatic rings. The van der Waals surface area contributed by atoms with Gasteiger partial charge in [0.15, 0.2) is 0 Å². The number of nitrogens with zero attached hydrogens (tertiary/aromatic N) is 1. The first kappa shape index (κ1) is 17.1. The lowest BCUT2D eigenvalue weighted by atomic mass is 10.1. The maximum atomic E-state index is 12.0. The van der Waals surface area contributed by atoms with Crippen LogP contribution >= 0.6 is 11.6 Å². The van der Waals surface area contributed by atoms with Crippen LogP contribution in [0.25, 0.3) is 0 Å². The Hall–Kier alpha value is -2.28. The van der Waals surface area contributed by atoms with Crippen molar-refractivity contribution in [2.75, 3.05) is 20.2 Å². The standard InChI is InChI=1S/C15H18ClN3O4/c1-19(8-9-23-12-5-3-2-4-10(12)16)13(20)7-6-11-14(21)18-15(22)17-11/h2-5,11H,6-9H2,1H3,(H2,17,18,21,22). The Bertz CT molecular complexity index is 608. The maximum absolute atomic E-state index is 12.0. The van der Waals surface area contributed by atoms with Crippen LogP contribution in [0.1, 0.15) is 12.8 Å². The molecule has 1 aromatic carbocycles. The van der Waals surface area contributed by atoms with Gasteiger partial charge in [-0.25, -0.2) is 4.79 Å². The lowest BCUT2D eigenvalue weighted by molar-refractivity contribution is -0.130. The maximum Gasteiger partial charge on any atom is 0.322 e. The van der Waals surface area contributed by atoms with E-state index in [-0.39, 0.29) is 18.7 Å². The molecule has 1 saturated heterocycles. The summed E-state index contributed by atoms with van der Waals surface area (Å²) in [4.78, 5) is 35.9. The summed E-state index contributed by atoms with van der Waals surface area (Å²) in [5.41, 5.74) is 0. The molecule has 124 valence electrons. The molecular formula is C15H18ClN3O4. The Morgan fingerprint density at radius 2 is 2.09 bits per heavy atom. The van der Waals surface area contributed by atoms with Gasteiger partial charge in [-0.05, 0) is 18.6 Å². The van der Waals surface area contributed by atoms with E-state index in [0.29, 0.717) is 23.9 Å². The molecule has 1 aromatic rings. The van der Waals surface area contributed by atoms with Crippen molar-refractivity contribution in [3.05, 3.63) is 29.3 Å². The predicted molar refractivity (Wildman–Crippen MR) is 84.3 cm³/mol. The van der Waals surface area contributed by atoms with Gasteiger partial charge in [0, 0.05) is 13.5 Å². The number of imide groups is 1. The number of rotatable bonds is 7. The van der Waals surface area contributed by atoms with Gasteiger partial charge in [-0.1, -0.05) is 23.7 Å². The van der Waals surface area contributed by atoms with Gasteiger partial charge in [0.2, 0.25) is 5.91 Å². The molecule has 0 bridgehead atoms. The minimum absolute atomic E-state index is 0.123. The highest BCUT2D eigenvalue weighted by Gasteiger charge is 2.29. The molecule has 0 radical (unpaired) electrons. The van der Waals surface area contributed by atoms with E-state index in [1.54, 1.807) is 19.2 Å².